The fraction of sp³-hybridized carbons (Fsp3) is 0.600. The topological polar surface area (TPSA) is 57.4 Å². The summed E-state index contributed by atoms with van der Waals surface area (Å²) in [5, 5.41) is 20.7. The van der Waals surface area contributed by atoms with Gasteiger partial charge in [0.05, 0.1) is 19.3 Å². The van der Waals surface area contributed by atoms with Crippen molar-refractivity contribution < 1.29 is 10.2 Å². The van der Waals surface area contributed by atoms with Crippen molar-refractivity contribution in [1.82, 2.24) is 9.88 Å². The summed E-state index contributed by atoms with van der Waals surface area (Å²) in [6, 6.07) is 1.81. The average molecular weight is 198 g/mol. The molecule has 0 aliphatic heterocycles. The number of aliphatic hydroxyl groups is 2. The Bertz CT molecular complexity index is 256. The summed E-state index contributed by atoms with van der Waals surface area (Å²) in [4.78, 5) is 0. The summed E-state index contributed by atoms with van der Waals surface area (Å²) in [7, 11) is 0. The molecule has 0 unspecified atom stereocenters. The Morgan fingerprint density at radius 2 is 2.14 bits per heavy atom. The zero-order chi connectivity index (χ0) is 10.4. The molecule has 80 valence electrons. The Kier molecular flexibility index (Phi) is 4.65. The predicted octanol–water partition coefficient (Wildman–Crippen LogP) is -0.0492. The number of hydrogen-bond donors (Lipinski definition) is 3. The Hall–Kier alpha value is -0.840. The van der Waals surface area contributed by atoms with Crippen molar-refractivity contribution in [3.8, 4) is 0 Å². The van der Waals surface area contributed by atoms with E-state index in [1.54, 1.807) is 0 Å². The molecule has 0 bridgehead atoms. The van der Waals surface area contributed by atoms with Gasteiger partial charge in [-0.05, 0) is 18.6 Å². The summed E-state index contributed by atoms with van der Waals surface area (Å²) in [6.45, 7) is 3.65. The third kappa shape index (κ3) is 3.14. The molecule has 0 aromatic carbocycles. The second-order valence-electron chi connectivity index (χ2n) is 3.29. The molecular weight excluding hydrogens is 180 g/mol. The maximum Gasteiger partial charge on any atom is 0.0607 e. The van der Waals surface area contributed by atoms with Gasteiger partial charge < -0.3 is 20.1 Å². The third-order valence-electron chi connectivity index (χ3n) is 2.21. The van der Waals surface area contributed by atoms with E-state index >= 15 is 0 Å². The van der Waals surface area contributed by atoms with Gasteiger partial charge in [0.25, 0.3) is 0 Å². The highest BCUT2D eigenvalue weighted by molar-refractivity contribution is 5.09. The molecule has 3 N–H and O–H groups in total. The van der Waals surface area contributed by atoms with Crippen LogP contribution in [0.2, 0.25) is 0 Å². The van der Waals surface area contributed by atoms with Gasteiger partial charge in [0, 0.05) is 25.5 Å². The molecule has 1 aromatic heterocycles. The van der Waals surface area contributed by atoms with Gasteiger partial charge in [0.2, 0.25) is 0 Å². The Balaban J connectivity index is 2.37. The van der Waals surface area contributed by atoms with Crippen LogP contribution in [0.3, 0.4) is 0 Å². The van der Waals surface area contributed by atoms with Crippen molar-refractivity contribution >= 4 is 0 Å². The van der Waals surface area contributed by atoms with Crippen LogP contribution in [0, 0.1) is 0 Å². The van der Waals surface area contributed by atoms with E-state index in [4.69, 9.17) is 10.2 Å². The number of hydrogen-bond acceptors (Lipinski definition) is 3. The molecule has 1 rings (SSSR count). The number of nitrogens with one attached hydrogen (secondary N) is 1. The van der Waals surface area contributed by atoms with Gasteiger partial charge in [-0.2, -0.15) is 0 Å². The summed E-state index contributed by atoms with van der Waals surface area (Å²) in [6.07, 6.45) is 4.07. The average Bonchev–Trinajstić information content (AvgIpc) is 2.67. The van der Waals surface area contributed by atoms with Gasteiger partial charge in [-0.1, -0.05) is 0 Å². The van der Waals surface area contributed by atoms with E-state index in [9.17, 15) is 0 Å². The van der Waals surface area contributed by atoms with E-state index in [2.05, 4.69) is 23.0 Å². The molecule has 1 aromatic rings. The van der Waals surface area contributed by atoms with E-state index in [-0.39, 0.29) is 19.3 Å². The van der Waals surface area contributed by atoms with Crippen molar-refractivity contribution in [3.05, 3.63) is 24.0 Å². The van der Waals surface area contributed by atoms with Crippen molar-refractivity contribution in [2.45, 2.75) is 26.1 Å². The van der Waals surface area contributed by atoms with Gasteiger partial charge in [-0.25, -0.2) is 0 Å². The highest BCUT2D eigenvalue weighted by Gasteiger charge is 2.04. The van der Waals surface area contributed by atoms with Gasteiger partial charge in [-0.15, -0.1) is 0 Å². The van der Waals surface area contributed by atoms with Crippen molar-refractivity contribution in [3.63, 3.8) is 0 Å². The molecule has 0 amide bonds. The first kappa shape index (κ1) is 11.2. The fourth-order valence-corrected chi connectivity index (χ4v) is 1.24. The first-order valence-electron chi connectivity index (χ1n) is 4.90. The summed E-state index contributed by atoms with van der Waals surface area (Å²) in [5.74, 6) is 0. The molecule has 0 aliphatic rings. The first-order chi connectivity index (χ1) is 6.80. The van der Waals surface area contributed by atoms with Gasteiger partial charge in [0.1, 0.15) is 0 Å². The van der Waals surface area contributed by atoms with Gasteiger partial charge in [0.15, 0.2) is 0 Å². The molecule has 0 aliphatic carbocycles. The molecule has 14 heavy (non-hydrogen) atoms. The maximum absolute atomic E-state index is 8.83. The van der Waals surface area contributed by atoms with Gasteiger partial charge in [-0.3, -0.25) is 0 Å². The lowest BCUT2D eigenvalue weighted by Crippen LogP contribution is -2.35. The Labute approximate surface area is 84.2 Å². The van der Waals surface area contributed by atoms with Crippen LogP contribution in [0.25, 0.3) is 0 Å². The standard InChI is InChI=1S/C10H18N2O2/c1-2-12-4-3-9(6-12)5-11-10(7-13)8-14/h3-4,6,10-11,13-14H,2,5,7-8H2,1H3. The van der Waals surface area contributed by atoms with Crippen LogP contribution in [0.5, 0.6) is 0 Å². The monoisotopic (exact) mass is 198 g/mol. The summed E-state index contributed by atoms with van der Waals surface area (Å²) < 4.78 is 2.09. The summed E-state index contributed by atoms with van der Waals surface area (Å²) >= 11 is 0. The number of rotatable bonds is 6. The lowest BCUT2D eigenvalue weighted by atomic mass is 10.3. The summed E-state index contributed by atoms with van der Waals surface area (Å²) in [5.41, 5.74) is 1.17. The van der Waals surface area contributed by atoms with Crippen LogP contribution in [0.1, 0.15) is 12.5 Å². The van der Waals surface area contributed by atoms with E-state index in [0.717, 1.165) is 6.54 Å². The highest BCUT2D eigenvalue weighted by atomic mass is 16.3. The van der Waals surface area contributed by atoms with E-state index in [0.29, 0.717) is 6.54 Å². The molecule has 0 fully saturated rings. The number of aryl methyl sites for hydroxylation is 1. The largest absolute Gasteiger partial charge is 0.395 e. The minimum absolute atomic E-state index is 0.0367. The normalized spacial score (nSPS) is 11.1. The minimum atomic E-state index is -0.222. The van der Waals surface area contributed by atoms with Crippen molar-refractivity contribution in [2.75, 3.05) is 13.2 Å². The molecule has 0 saturated carbocycles. The SMILES string of the molecule is CCn1ccc(CNC(CO)CO)c1. The van der Waals surface area contributed by atoms with Crippen molar-refractivity contribution in [1.29, 1.82) is 0 Å². The smallest absolute Gasteiger partial charge is 0.0607 e. The van der Waals surface area contributed by atoms with Gasteiger partial charge >= 0.3 is 0 Å². The predicted molar refractivity (Wildman–Crippen MR) is 54.9 cm³/mol. The van der Waals surface area contributed by atoms with Crippen molar-refractivity contribution in [2.24, 2.45) is 0 Å². The zero-order valence-corrected chi connectivity index (χ0v) is 8.48. The third-order valence-corrected chi connectivity index (χ3v) is 2.21. The molecule has 0 spiro atoms. The molecule has 4 nitrogen and oxygen atoms in total. The maximum atomic E-state index is 8.83. The van der Waals surface area contributed by atoms with E-state index in [1.165, 1.54) is 5.56 Å². The molecule has 0 saturated heterocycles. The first-order valence-corrected chi connectivity index (χ1v) is 4.90. The fourth-order valence-electron chi connectivity index (χ4n) is 1.24. The van der Waals surface area contributed by atoms with E-state index < -0.39 is 0 Å². The second-order valence-corrected chi connectivity index (χ2v) is 3.29. The molecule has 1 heterocycles. The molecular formula is C10H18N2O2. The number of nitrogens with zero attached hydrogens (tertiary/aromatic N) is 1. The number of aromatic nitrogens is 1. The highest BCUT2D eigenvalue weighted by Crippen LogP contribution is 2.00. The molecule has 0 atom stereocenters. The van der Waals surface area contributed by atoms with Crippen LogP contribution >= 0.6 is 0 Å². The zero-order valence-electron chi connectivity index (χ0n) is 8.48. The van der Waals surface area contributed by atoms with Crippen LogP contribution < -0.4 is 5.32 Å². The molecule has 4 heteroatoms. The van der Waals surface area contributed by atoms with Crippen LogP contribution in [-0.4, -0.2) is 34.0 Å². The van der Waals surface area contributed by atoms with Crippen LogP contribution in [0.4, 0.5) is 0 Å². The lowest BCUT2D eigenvalue weighted by molar-refractivity contribution is 0.170. The molecule has 0 radical (unpaired) electrons. The number of aliphatic hydroxyl groups excluding tert-OH is 2. The lowest BCUT2D eigenvalue weighted by Gasteiger charge is -2.11. The Morgan fingerprint density at radius 1 is 1.43 bits per heavy atom. The minimum Gasteiger partial charge on any atom is -0.395 e. The Morgan fingerprint density at radius 3 is 2.64 bits per heavy atom. The van der Waals surface area contributed by atoms with E-state index in [1.807, 2.05) is 12.3 Å². The quantitative estimate of drug-likeness (QED) is 0.600. The second kappa shape index (κ2) is 5.80. The van der Waals surface area contributed by atoms with Crippen LogP contribution in [-0.2, 0) is 13.1 Å². The van der Waals surface area contributed by atoms with Crippen LogP contribution in [0.15, 0.2) is 18.5 Å².